The van der Waals surface area contributed by atoms with Crippen molar-refractivity contribution < 1.29 is 4.79 Å². The average molecular weight is 207 g/mol. The molecule has 0 aromatic carbocycles. The molecule has 2 unspecified atom stereocenters. The molecule has 0 aliphatic carbocycles. The molecule has 0 bridgehead atoms. The standard InChI is InChI=1S/C11H17N3O/c1-13-7-5-10(11(13)15)14-6-3-2-4-9(14)8-12/h9-10H,2-7H2,1H3. The van der Waals surface area contributed by atoms with Gasteiger partial charge < -0.3 is 4.90 Å². The van der Waals surface area contributed by atoms with Gasteiger partial charge >= 0.3 is 0 Å². The number of hydrogen-bond donors (Lipinski definition) is 0. The molecule has 4 nitrogen and oxygen atoms in total. The van der Waals surface area contributed by atoms with E-state index in [9.17, 15) is 4.79 Å². The Kier molecular flexibility index (Phi) is 2.92. The zero-order valence-corrected chi connectivity index (χ0v) is 9.15. The van der Waals surface area contributed by atoms with E-state index in [4.69, 9.17) is 5.26 Å². The van der Waals surface area contributed by atoms with Gasteiger partial charge in [0.15, 0.2) is 0 Å². The molecule has 2 rings (SSSR count). The van der Waals surface area contributed by atoms with Gasteiger partial charge in [-0.3, -0.25) is 9.69 Å². The van der Waals surface area contributed by atoms with E-state index in [1.807, 2.05) is 7.05 Å². The summed E-state index contributed by atoms with van der Waals surface area (Å²) in [6.07, 6.45) is 4.04. The van der Waals surface area contributed by atoms with Crippen LogP contribution < -0.4 is 0 Å². The molecule has 4 heteroatoms. The molecule has 2 fully saturated rings. The largest absolute Gasteiger partial charge is 0.344 e. The van der Waals surface area contributed by atoms with Gasteiger partial charge in [0.2, 0.25) is 5.91 Å². The van der Waals surface area contributed by atoms with Gasteiger partial charge in [-0.1, -0.05) is 0 Å². The Morgan fingerprint density at radius 1 is 1.33 bits per heavy atom. The zero-order chi connectivity index (χ0) is 10.8. The molecule has 2 saturated heterocycles. The van der Waals surface area contributed by atoms with Crippen LogP contribution in [0.1, 0.15) is 25.7 Å². The monoisotopic (exact) mass is 207 g/mol. The predicted octanol–water partition coefficient (Wildman–Crippen LogP) is 0.595. The van der Waals surface area contributed by atoms with Crippen molar-refractivity contribution in [3.63, 3.8) is 0 Å². The lowest BCUT2D eigenvalue weighted by atomic mass is 10.00. The summed E-state index contributed by atoms with van der Waals surface area (Å²) in [5, 5.41) is 9.06. The van der Waals surface area contributed by atoms with Crippen molar-refractivity contribution >= 4 is 5.91 Å². The summed E-state index contributed by atoms with van der Waals surface area (Å²) in [5.41, 5.74) is 0. The second-order valence-electron chi connectivity index (χ2n) is 4.44. The van der Waals surface area contributed by atoms with E-state index in [-0.39, 0.29) is 18.0 Å². The molecule has 2 atom stereocenters. The van der Waals surface area contributed by atoms with Crippen LogP contribution in [0, 0.1) is 11.3 Å². The van der Waals surface area contributed by atoms with E-state index < -0.39 is 0 Å². The highest BCUT2D eigenvalue weighted by Crippen LogP contribution is 2.24. The van der Waals surface area contributed by atoms with Crippen LogP contribution in [0.5, 0.6) is 0 Å². The summed E-state index contributed by atoms with van der Waals surface area (Å²) in [7, 11) is 1.84. The van der Waals surface area contributed by atoms with E-state index >= 15 is 0 Å². The second kappa shape index (κ2) is 4.19. The van der Waals surface area contributed by atoms with Crippen molar-refractivity contribution in [3.05, 3.63) is 0 Å². The third-order valence-electron chi connectivity index (χ3n) is 3.49. The van der Waals surface area contributed by atoms with Crippen LogP contribution in [0.2, 0.25) is 0 Å². The predicted molar refractivity (Wildman–Crippen MR) is 56.0 cm³/mol. The lowest BCUT2D eigenvalue weighted by molar-refractivity contribution is -0.131. The molecule has 0 aromatic heterocycles. The molecule has 0 aromatic rings. The lowest BCUT2D eigenvalue weighted by Gasteiger charge is -2.34. The Morgan fingerprint density at radius 2 is 2.13 bits per heavy atom. The molecule has 1 amide bonds. The molecule has 15 heavy (non-hydrogen) atoms. The van der Waals surface area contributed by atoms with Crippen LogP contribution in [-0.2, 0) is 4.79 Å². The number of nitriles is 1. The number of carbonyl (C=O) groups excluding carboxylic acids is 1. The van der Waals surface area contributed by atoms with E-state index in [0.717, 1.165) is 38.8 Å². The molecule has 0 spiro atoms. The minimum absolute atomic E-state index is 0.0278. The molecule has 2 heterocycles. The first-order valence-corrected chi connectivity index (χ1v) is 5.64. The maximum absolute atomic E-state index is 11.8. The van der Waals surface area contributed by atoms with E-state index in [1.54, 1.807) is 4.90 Å². The van der Waals surface area contributed by atoms with Crippen LogP contribution >= 0.6 is 0 Å². The number of amides is 1. The Bertz CT molecular complexity index is 297. The molecule has 2 aliphatic rings. The number of nitrogens with zero attached hydrogens (tertiary/aromatic N) is 3. The van der Waals surface area contributed by atoms with Gasteiger partial charge in [0, 0.05) is 20.1 Å². The molecule has 2 aliphatic heterocycles. The Hall–Kier alpha value is -1.08. The molecule has 0 N–H and O–H groups in total. The first-order chi connectivity index (χ1) is 7.24. The van der Waals surface area contributed by atoms with Gasteiger partial charge in [-0.25, -0.2) is 0 Å². The minimum Gasteiger partial charge on any atom is -0.344 e. The maximum Gasteiger partial charge on any atom is 0.239 e. The van der Waals surface area contributed by atoms with Gasteiger partial charge in [0.1, 0.15) is 0 Å². The Balaban J connectivity index is 2.09. The fourth-order valence-electron chi connectivity index (χ4n) is 2.58. The quantitative estimate of drug-likeness (QED) is 0.632. The molecular formula is C11H17N3O. The third kappa shape index (κ3) is 1.84. The van der Waals surface area contributed by atoms with Crippen LogP contribution in [0.3, 0.4) is 0 Å². The van der Waals surface area contributed by atoms with Gasteiger partial charge in [0.05, 0.1) is 18.2 Å². The molecule has 0 radical (unpaired) electrons. The number of piperidine rings is 1. The van der Waals surface area contributed by atoms with Crippen LogP contribution in [0.25, 0.3) is 0 Å². The fraction of sp³-hybridized carbons (Fsp3) is 0.818. The van der Waals surface area contributed by atoms with Gasteiger partial charge in [0.25, 0.3) is 0 Å². The number of likely N-dealkylation sites (tertiary alicyclic amines) is 2. The second-order valence-corrected chi connectivity index (χ2v) is 4.44. The highest BCUT2D eigenvalue weighted by Gasteiger charge is 2.38. The topological polar surface area (TPSA) is 47.3 Å². The SMILES string of the molecule is CN1CCC(N2CCCCC2C#N)C1=O. The van der Waals surface area contributed by atoms with Crippen molar-refractivity contribution in [2.45, 2.75) is 37.8 Å². The number of rotatable bonds is 1. The minimum atomic E-state index is -0.0424. The maximum atomic E-state index is 11.8. The summed E-state index contributed by atoms with van der Waals surface area (Å²) in [6.45, 7) is 1.74. The smallest absolute Gasteiger partial charge is 0.239 e. The van der Waals surface area contributed by atoms with Crippen LogP contribution in [0.15, 0.2) is 0 Å². The molecule has 82 valence electrons. The number of likely N-dealkylation sites (N-methyl/N-ethyl adjacent to an activating group) is 1. The number of hydrogen-bond acceptors (Lipinski definition) is 3. The van der Waals surface area contributed by atoms with Gasteiger partial charge in [-0.15, -0.1) is 0 Å². The van der Waals surface area contributed by atoms with Crippen molar-refractivity contribution in [1.82, 2.24) is 9.80 Å². The average Bonchev–Trinajstić information content (AvgIpc) is 2.60. The normalized spacial score (nSPS) is 33.1. The van der Waals surface area contributed by atoms with Crippen LogP contribution in [0.4, 0.5) is 0 Å². The Morgan fingerprint density at radius 3 is 2.73 bits per heavy atom. The summed E-state index contributed by atoms with van der Waals surface area (Å²) < 4.78 is 0. The Labute approximate surface area is 90.5 Å². The zero-order valence-electron chi connectivity index (χ0n) is 9.15. The van der Waals surface area contributed by atoms with E-state index in [1.165, 1.54) is 0 Å². The molecule has 0 saturated carbocycles. The number of carbonyl (C=O) groups is 1. The summed E-state index contributed by atoms with van der Waals surface area (Å²) in [6, 6.07) is 2.25. The van der Waals surface area contributed by atoms with Crippen LogP contribution in [-0.4, -0.2) is 47.9 Å². The first-order valence-electron chi connectivity index (χ1n) is 5.64. The van der Waals surface area contributed by atoms with Crippen molar-refractivity contribution in [1.29, 1.82) is 5.26 Å². The highest BCUT2D eigenvalue weighted by molar-refractivity contribution is 5.83. The van der Waals surface area contributed by atoms with E-state index in [0.29, 0.717) is 0 Å². The van der Waals surface area contributed by atoms with Crippen molar-refractivity contribution in [3.8, 4) is 6.07 Å². The van der Waals surface area contributed by atoms with Gasteiger partial charge in [-0.2, -0.15) is 5.26 Å². The highest BCUT2D eigenvalue weighted by atomic mass is 16.2. The fourth-order valence-corrected chi connectivity index (χ4v) is 2.58. The van der Waals surface area contributed by atoms with Crippen molar-refractivity contribution in [2.24, 2.45) is 0 Å². The molecular weight excluding hydrogens is 190 g/mol. The summed E-state index contributed by atoms with van der Waals surface area (Å²) >= 11 is 0. The van der Waals surface area contributed by atoms with E-state index in [2.05, 4.69) is 11.0 Å². The summed E-state index contributed by atoms with van der Waals surface area (Å²) in [5.74, 6) is 0.192. The summed E-state index contributed by atoms with van der Waals surface area (Å²) in [4.78, 5) is 15.7. The van der Waals surface area contributed by atoms with Crippen molar-refractivity contribution in [2.75, 3.05) is 20.1 Å². The lowest BCUT2D eigenvalue weighted by Crippen LogP contribution is -2.48. The third-order valence-corrected chi connectivity index (χ3v) is 3.49. The first kappa shape index (κ1) is 10.4. The van der Waals surface area contributed by atoms with Gasteiger partial charge in [-0.05, 0) is 25.7 Å².